The average molecular weight is 178 g/mol. The van der Waals surface area contributed by atoms with Gasteiger partial charge >= 0.3 is 0 Å². The van der Waals surface area contributed by atoms with E-state index in [2.05, 4.69) is 9.47 Å². The maximum Gasteiger partial charge on any atom is 0.155 e. The average Bonchev–Trinajstić information content (AvgIpc) is 1.87. The second-order valence-electron chi connectivity index (χ2n) is 2.44. The molecule has 0 saturated heterocycles. The third-order valence-electron chi connectivity index (χ3n) is 0.755. The summed E-state index contributed by atoms with van der Waals surface area (Å²) in [6, 6.07) is 0. The van der Waals surface area contributed by atoms with E-state index in [1.807, 2.05) is 0 Å². The second-order valence-corrected chi connectivity index (χ2v) is 2.44. The molecule has 12 heavy (non-hydrogen) atoms. The highest BCUT2D eigenvalue weighted by molar-refractivity contribution is 5.76. The van der Waals surface area contributed by atoms with Crippen molar-refractivity contribution in [1.29, 1.82) is 0 Å². The molecule has 0 unspecified atom stereocenters. The molecule has 4 heteroatoms. The number of Topliss-reactive ketones (excluding diaryl/α,β-unsaturated/α-hetero) is 1. The standard InChI is InChI=1S/C4H10O2.C4H8O2/c2*1-4(5)3-6-2/h4-5H,3H2,1-2H3;3H2,1-2H3/t4-;/m1./s1. The van der Waals surface area contributed by atoms with E-state index in [0.29, 0.717) is 6.61 Å². The largest absolute Gasteiger partial charge is 0.391 e. The summed E-state index contributed by atoms with van der Waals surface area (Å²) in [7, 11) is 3.06. The fourth-order valence-corrected chi connectivity index (χ4v) is 0.444. The zero-order chi connectivity index (χ0) is 9.98. The molecule has 0 aliphatic rings. The minimum Gasteiger partial charge on any atom is -0.391 e. The van der Waals surface area contributed by atoms with Crippen molar-refractivity contribution < 1.29 is 19.4 Å². The van der Waals surface area contributed by atoms with Gasteiger partial charge in [0, 0.05) is 14.2 Å². The van der Waals surface area contributed by atoms with Gasteiger partial charge in [0.1, 0.15) is 6.61 Å². The highest BCUT2D eigenvalue weighted by Crippen LogP contribution is 1.75. The topological polar surface area (TPSA) is 55.8 Å². The second kappa shape index (κ2) is 10.6. The Morgan fingerprint density at radius 3 is 1.92 bits per heavy atom. The van der Waals surface area contributed by atoms with Crippen LogP contribution >= 0.6 is 0 Å². The van der Waals surface area contributed by atoms with Crippen LogP contribution in [0.1, 0.15) is 13.8 Å². The number of ketones is 1. The highest BCUT2D eigenvalue weighted by Gasteiger charge is 1.87. The lowest BCUT2D eigenvalue weighted by atomic mass is 10.5. The van der Waals surface area contributed by atoms with Crippen molar-refractivity contribution in [1.82, 2.24) is 0 Å². The van der Waals surface area contributed by atoms with Gasteiger partial charge in [0.25, 0.3) is 0 Å². The molecule has 0 heterocycles. The van der Waals surface area contributed by atoms with Crippen molar-refractivity contribution in [2.75, 3.05) is 27.4 Å². The van der Waals surface area contributed by atoms with E-state index in [4.69, 9.17) is 5.11 Å². The van der Waals surface area contributed by atoms with E-state index < -0.39 is 0 Å². The first kappa shape index (κ1) is 14.1. The molecular formula is C8H18O4. The van der Waals surface area contributed by atoms with Crippen LogP contribution in [0.15, 0.2) is 0 Å². The number of carbonyl (C=O) groups is 1. The number of rotatable bonds is 4. The van der Waals surface area contributed by atoms with Crippen molar-refractivity contribution in [3.05, 3.63) is 0 Å². The molecule has 1 atom stereocenters. The van der Waals surface area contributed by atoms with Gasteiger partial charge in [-0.1, -0.05) is 0 Å². The lowest BCUT2D eigenvalue weighted by Gasteiger charge is -1.97. The molecule has 74 valence electrons. The van der Waals surface area contributed by atoms with E-state index in [9.17, 15) is 4.79 Å². The predicted octanol–water partition coefficient (Wildman–Crippen LogP) is 0.235. The molecule has 0 aromatic rings. The first-order valence-electron chi connectivity index (χ1n) is 3.70. The van der Waals surface area contributed by atoms with Crippen LogP contribution in [-0.2, 0) is 14.3 Å². The Morgan fingerprint density at radius 2 is 1.92 bits per heavy atom. The van der Waals surface area contributed by atoms with Crippen LogP contribution in [-0.4, -0.2) is 44.4 Å². The Kier molecular flexibility index (Phi) is 12.4. The Hall–Kier alpha value is -0.450. The molecule has 1 N–H and O–H groups in total. The molecule has 0 aromatic heterocycles. The first-order valence-corrected chi connectivity index (χ1v) is 3.70. The van der Waals surface area contributed by atoms with Crippen LogP contribution in [0, 0.1) is 0 Å². The molecule has 0 aromatic carbocycles. The number of hydrogen-bond acceptors (Lipinski definition) is 4. The number of aliphatic hydroxyl groups is 1. The molecule has 0 saturated carbocycles. The minimum atomic E-state index is -0.324. The van der Waals surface area contributed by atoms with E-state index in [1.165, 1.54) is 14.0 Å². The molecule has 0 amide bonds. The van der Waals surface area contributed by atoms with Gasteiger partial charge in [-0.2, -0.15) is 0 Å². The van der Waals surface area contributed by atoms with Gasteiger partial charge in [-0.25, -0.2) is 0 Å². The van der Waals surface area contributed by atoms with Gasteiger partial charge in [0.2, 0.25) is 0 Å². The maximum atomic E-state index is 9.92. The molecule has 0 fully saturated rings. The SMILES string of the molecule is COCC(C)=O.COC[C@@H](C)O. The summed E-state index contributed by atoms with van der Waals surface area (Å²) >= 11 is 0. The first-order chi connectivity index (χ1) is 5.54. The van der Waals surface area contributed by atoms with Gasteiger partial charge in [-0.3, -0.25) is 4.79 Å². The number of carbonyl (C=O) groups excluding carboxylic acids is 1. The Labute approximate surface area is 73.5 Å². The van der Waals surface area contributed by atoms with Crippen LogP contribution < -0.4 is 0 Å². The van der Waals surface area contributed by atoms with Gasteiger partial charge in [-0.15, -0.1) is 0 Å². The van der Waals surface area contributed by atoms with Crippen molar-refractivity contribution in [3.63, 3.8) is 0 Å². The maximum absolute atomic E-state index is 9.92. The summed E-state index contributed by atoms with van der Waals surface area (Å²) in [6.07, 6.45) is -0.324. The van der Waals surface area contributed by atoms with Gasteiger partial charge in [0.05, 0.1) is 12.7 Å². The summed E-state index contributed by atoms with van der Waals surface area (Å²) in [5, 5.41) is 8.43. The molecular weight excluding hydrogens is 160 g/mol. The number of hydrogen-bond donors (Lipinski definition) is 1. The van der Waals surface area contributed by atoms with Crippen molar-refractivity contribution in [2.24, 2.45) is 0 Å². The molecule has 0 aliphatic carbocycles. The predicted molar refractivity (Wildman–Crippen MR) is 46.1 cm³/mol. The number of aliphatic hydroxyl groups excluding tert-OH is 1. The smallest absolute Gasteiger partial charge is 0.155 e. The van der Waals surface area contributed by atoms with Crippen LogP contribution in [0.2, 0.25) is 0 Å². The van der Waals surface area contributed by atoms with Gasteiger partial charge < -0.3 is 14.6 Å². The molecule has 4 nitrogen and oxygen atoms in total. The number of methoxy groups -OCH3 is 2. The minimum absolute atomic E-state index is 0.0671. The molecule has 0 spiro atoms. The van der Waals surface area contributed by atoms with Gasteiger partial charge in [0.15, 0.2) is 5.78 Å². The molecule has 0 radical (unpaired) electrons. The third-order valence-corrected chi connectivity index (χ3v) is 0.755. The summed E-state index contributed by atoms with van der Waals surface area (Å²) in [6.45, 7) is 3.84. The van der Waals surface area contributed by atoms with E-state index >= 15 is 0 Å². The highest BCUT2D eigenvalue weighted by atomic mass is 16.5. The zero-order valence-corrected chi connectivity index (χ0v) is 8.16. The van der Waals surface area contributed by atoms with Crippen LogP contribution in [0.3, 0.4) is 0 Å². The normalized spacial score (nSPS) is 11.4. The van der Waals surface area contributed by atoms with E-state index in [1.54, 1.807) is 14.0 Å². The van der Waals surface area contributed by atoms with Crippen LogP contribution in [0.4, 0.5) is 0 Å². The van der Waals surface area contributed by atoms with Crippen LogP contribution in [0.25, 0.3) is 0 Å². The Balaban J connectivity index is 0. The van der Waals surface area contributed by atoms with Crippen molar-refractivity contribution in [2.45, 2.75) is 20.0 Å². The summed E-state index contributed by atoms with van der Waals surface area (Å²) in [5.74, 6) is 0.0671. The molecule has 0 rings (SSSR count). The monoisotopic (exact) mass is 178 g/mol. The van der Waals surface area contributed by atoms with Crippen LogP contribution in [0.5, 0.6) is 0 Å². The van der Waals surface area contributed by atoms with Crippen molar-refractivity contribution in [3.8, 4) is 0 Å². The van der Waals surface area contributed by atoms with E-state index in [-0.39, 0.29) is 18.5 Å². The van der Waals surface area contributed by atoms with Gasteiger partial charge in [-0.05, 0) is 13.8 Å². The van der Waals surface area contributed by atoms with E-state index in [0.717, 1.165) is 0 Å². The summed E-state index contributed by atoms with van der Waals surface area (Å²) in [5.41, 5.74) is 0. The lowest BCUT2D eigenvalue weighted by molar-refractivity contribution is -0.120. The third kappa shape index (κ3) is 22.7. The zero-order valence-electron chi connectivity index (χ0n) is 8.16. The Morgan fingerprint density at radius 1 is 1.42 bits per heavy atom. The van der Waals surface area contributed by atoms with Crippen molar-refractivity contribution >= 4 is 5.78 Å². The fraction of sp³-hybridized carbons (Fsp3) is 0.875. The summed E-state index contributed by atoms with van der Waals surface area (Å²) < 4.78 is 9.01. The fourth-order valence-electron chi connectivity index (χ4n) is 0.444. The quantitative estimate of drug-likeness (QED) is 0.669. The lowest BCUT2D eigenvalue weighted by Crippen LogP contribution is -2.07. The Bertz CT molecular complexity index is 101. The summed E-state index contributed by atoms with van der Waals surface area (Å²) in [4.78, 5) is 9.92. The molecule has 0 bridgehead atoms. The number of ether oxygens (including phenoxy) is 2. The molecule has 0 aliphatic heterocycles.